The molecule has 1 rings (SSSR count). The van der Waals surface area contributed by atoms with E-state index in [4.69, 9.17) is 56.9 Å². The Morgan fingerprint density at radius 2 is 1.74 bits per heavy atom. The standard InChI is InChI=1S/C11H8Cl4NO3/c12-7-3-1-6(2-4-7)8(9(16)17)10(18)19-5-11(13,14)15/h1-4,8,16H,5H2. The van der Waals surface area contributed by atoms with Gasteiger partial charge in [-0.2, -0.15) is 0 Å². The molecule has 0 heterocycles. The molecule has 1 aromatic rings. The molecule has 1 N–H and O–H groups in total. The summed E-state index contributed by atoms with van der Waals surface area (Å²) in [6, 6.07) is 5.90. The maximum atomic E-state index is 11.7. The molecule has 0 aliphatic carbocycles. The van der Waals surface area contributed by atoms with Crippen LogP contribution in [0.1, 0.15) is 11.5 Å². The van der Waals surface area contributed by atoms with Gasteiger partial charge in [0.15, 0.2) is 5.92 Å². The van der Waals surface area contributed by atoms with Gasteiger partial charge in [-0.05, 0) is 17.7 Å². The highest BCUT2D eigenvalue weighted by molar-refractivity contribution is 6.67. The number of carbonyl (C=O) groups is 2. The summed E-state index contributed by atoms with van der Waals surface area (Å²) in [7, 11) is 0. The summed E-state index contributed by atoms with van der Waals surface area (Å²) in [5, 5.41) is 0.439. The van der Waals surface area contributed by atoms with Gasteiger partial charge >= 0.3 is 5.97 Å². The van der Waals surface area contributed by atoms with Crippen LogP contribution in [-0.2, 0) is 14.3 Å². The minimum absolute atomic E-state index is 0.290. The Hall–Kier alpha value is -0.680. The minimum atomic E-state index is -1.77. The topological polar surface area (TPSA) is 67.2 Å². The fraction of sp³-hybridized carbons (Fsp3) is 0.273. The summed E-state index contributed by atoms with van der Waals surface area (Å²) in [6.07, 6.45) is 0. The number of rotatable bonds is 4. The van der Waals surface area contributed by atoms with Crippen molar-refractivity contribution < 1.29 is 14.3 Å². The number of nitrogens with one attached hydrogen (secondary N) is 1. The summed E-state index contributed by atoms with van der Waals surface area (Å²) >= 11 is 22.0. The van der Waals surface area contributed by atoms with Crippen LogP contribution in [0.2, 0.25) is 5.02 Å². The second-order valence-electron chi connectivity index (χ2n) is 3.57. The van der Waals surface area contributed by atoms with Crippen LogP contribution < -0.4 is 5.73 Å². The molecule has 1 aromatic carbocycles. The maximum absolute atomic E-state index is 11.7. The number of carbonyl (C=O) groups excluding carboxylic acids is 2. The van der Waals surface area contributed by atoms with Crippen molar-refractivity contribution in [1.29, 1.82) is 0 Å². The summed E-state index contributed by atoms with van der Waals surface area (Å²) < 4.78 is 2.93. The highest BCUT2D eigenvalue weighted by Crippen LogP contribution is 2.27. The lowest BCUT2D eigenvalue weighted by molar-refractivity contribution is -0.148. The van der Waals surface area contributed by atoms with Crippen LogP contribution in [0.25, 0.3) is 0 Å². The Balaban J connectivity index is 2.86. The van der Waals surface area contributed by atoms with Gasteiger partial charge in [-0.25, -0.2) is 0 Å². The van der Waals surface area contributed by atoms with Gasteiger partial charge in [0, 0.05) is 5.02 Å². The van der Waals surface area contributed by atoms with Gasteiger partial charge in [0.1, 0.15) is 6.61 Å². The first kappa shape index (κ1) is 16.4. The maximum Gasteiger partial charge on any atom is 0.323 e. The van der Waals surface area contributed by atoms with Gasteiger partial charge in [0.2, 0.25) is 3.79 Å². The van der Waals surface area contributed by atoms with Crippen LogP contribution in [0.5, 0.6) is 0 Å². The first-order valence-corrected chi connectivity index (χ1v) is 6.46. The predicted molar refractivity (Wildman–Crippen MR) is 73.5 cm³/mol. The van der Waals surface area contributed by atoms with Crippen molar-refractivity contribution in [1.82, 2.24) is 5.73 Å². The van der Waals surface area contributed by atoms with E-state index in [2.05, 4.69) is 0 Å². The normalized spacial score (nSPS) is 12.8. The number of alkyl halides is 3. The van der Waals surface area contributed by atoms with Crippen molar-refractivity contribution in [3.8, 4) is 0 Å². The zero-order valence-electron chi connectivity index (χ0n) is 9.33. The van der Waals surface area contributed by atoms with Crippen LogP contribution in [-0.4, -0.2) is 22.3 Å². The molecule has 0 bridgehead atoms. The largest absolute Gasteiger partial charge is 0.460 e. The molecule has 0 aliphatic heterocycles. The lowest BCUT2D eigenvalue weighted by Gasteiger charge is -2.15. The van der Waals surface area contributed by atoms with E-state index in [1.165, 1.54) is 24.3 Å². The van der Waals surface area contributed by atoms with E-state index in [1.54, 1.807) is 0 Å². The molecule has 1 unspecified atom stereocenters. The molecule has 1 amide bonds. The van der Waals surface area contributed by atoms with Crippen molar-refractivity contribution >= 4 is 58.3 Å². The second kappa shape index (κ2) is 6.66. The molecular formula is C11H8Cl4NO3. The molecule has 0 aromatic heterocycles. The van der Waals surface area contributed by atoms with Crippen LogP contribution in [0.4, 0.5) is 0 Å². The number of esters is 1. The predicted octanol–water partition coefficient (Wildman–Crippen LogP) is 3.15. The van der Waals surface area contributed by atoms with E-state index in [-0.39, 0.29) is 0 Å². The molecule has 0 aliphatic rings. The Morgan fingerprint density at radius 1 is 1.21 bits per heavy atom. The van der Waals surface area contributed by atoms with Crippen molar-refractivity contribution in [3.63, 3.8) is 0 Å². The van der Waals surface area contributed by atoms with E-state index >= 15 is 0 Å². The average molecular weight is 344 g/mol. The van der Waals surface area contributed by atoms with E-state index in [1.807, 2.05) is 0 Å². The summed E-state index contributed by atoms with van der Waals surface area (Å²) in [6.45, 7) is -0.506. The number of benzene rings is 1. The molecule has 0 saturated heterocycles. The van der Waals surface area contributed by atoms with E-state index < -0.39 is 28.2 Å². The number of halogens is 4. The molecule has 1 atom stereocenters. The monoisotopic (exact) mass is 342 g/mol. The number of amides is 1. The third-order valence-corrected chi connectivity index (χ3v) is 2.66. The lowest BCUT2D eigenvalue weighted by atomic mass is 9.99. The SMILES string of the molecule is [NH]C(=O)C(C(=O)OCC(Cl)(Cl)Cl)c1ccc(Cl)cc1. The molecular weight excluding hydrogens is 336 g/mol. The van der Waals surface area contributed by atoms with Crippen molar-refractivity contribution in [2.24, 2.45) is 0 Å². The Morgan fingerprint density at radius 3 is 2.16 bits per heavy atom. The van der Waals surface area contributed by atoms with Crippen molar-refractivity contribution in [3.05, 3.63) is 34.9 Å². The first-order valence-electron chi connectivity index (χ1n) is 4.95. The number of ether oxygens (including phenoxy) is 1. The molecule has 0 saturated carbocycles. The highest BCUT2D eigenvalue weighted by atomic mass is 35.6. The van der Waals surface area contributed by atoms with Crippen LogP contribution >= 0.6 is 46.4 Å². The van der Waals surface area contributed by atoms with Gasteiger partial charge in [-0.1, -0.05) is 58.5 Å². The Labute approximate surface area is 129 Å². The summed E-state index contributed by atoms with van der Waals surface area (Å²) in [5.41, 5.74) is 7.41. The minimum Gasteiger partial charge on any atom is -0.460 e. The zero-order valence-corrected chi connectivity index (χ0v) is 12.4. The second-order valence-corrected chi connectivity index (χ2v) is 6.52. The summed E-state index contributed by atoms with van der Waals surface area (Å²) in [4.78, 5) is 23.0. The number of hydrogen-bond donors (Lipinski definition) is 0. The van der Waals surface area contributed by atoms with Crippen LogP contribution in [0.3, 0.4) is 0 Å². The third kappa shape index (κ3) is 5.45. The fourth-order valence-electron chi connectivity index (χ4n) is 1.29. The van der Waals surface area contributed by atoms with Gasteiger partial charge in [-0.15, -0.1) is 0 Å². The van der Waals surface area contributed by atoms with Gasteiger partial charge in [0.05, 0.1) is 0 Å². The molecule has 19 heavy (non-hydrogen) atoms. The molecule has 4 nitrogen and oxygen atoms in total. The third-order valence-electron chi connectivity index (χ3n) is 2.08. The summed E-state index contributed by atoms with van der Waals surface area (Å²) in [5.74, 6) is -3.45. The smallest absolute Gasteiger partial charge is 0.323 e. The average Bonchev–Trinajstić information content (AvgIpc) is 2.28. The Bertz CT molecular complexity index is 470. The molecule has 0 fully saturated rings. The fourth-order valence-corrected chi connectivity index (χ4v) is 1.58. The van der Waals surface area contributed by atoms with Crippen LogP contribution in [0, 0.1) is 0 Å². The quantitative estimate of drug-likeness (QED) is 0.479. The Kier molecular flexibility index (Phi) is 5.74. The number of hydrogen-bond acceptors (Lipinski definition) is 3. The molecule has 0 spiro atoms. The highest BCUT2D eigenvalue weighted by Gasteiger charge is 2.31. The van der Waals surface area contributed by atoms with Crippen LogP contribution in [0.15, 0.2) is 24.3 Å². The van der Waals surface area contributed by atoms with E-state index in [0.717, 1.165) is 0 Å². The zero-order chi connectivity index (χ0) is 14.6. The van der Waals surface area contributed by atoms with E-state index in [0.29, 0.717) is 10.6 Å². The van der Waals surface area contributed by atoms with Gasteiger partial charge in [-0.3, -0.25) is 15.3 Å². The molecule has 103 valence electrons. The molecule has 1 radical (unpaired) electrons. The first-order chi connectivity index (χ1) is 8.70. The van der Waals surface area contributed by atoms with Gasteiger partial charge < -0.3 is 4.74 Å². The lowest BCUT2D eigenvalue weighted by Crippen LogP contribution is -2.27. The molecule has 8 heteroatoms. The van der Waals surface area contributed by atoms with E-state index in [9.17, 15) is 9.59 Å². The van der Waals surface area contributed by atoms with Crippen molar-refractivity contribution in [2.45, 2.75) is 9.71 Å². The van der Waals surface area contributed by atoms with Gasteiger partial charge in [0.25, 0.3) is 5.91 Å². The van der Waals surface area contributed by atoms with Crippen molar-refractivity contribution in [2.75, 3.05) is 6.61 Å².